The molecule has 0 bridgehead atoms. The van der Waals surface area contributed by atoms with E-state index in [0.717, 1.165) is 5.56 Å². The summed E-state index contributed by atoms with van der Waals surface area (Å²) in [6, 6.07) is 30.5. The summed E-state index contributed by atoms with van der Waals surface area (Å²) in [5.41, 5.74) is 2.69. The number of halogens is 2. The van der Waals surface area contributed by atoms with Crippen molar-refractivity contribution >= 4 is 69.8 Å². The quantitative estimate of drug-likeness (QED) is 0.141. The molecule has 0 atom stereocenters. The van der Waals surface area contributed by atoms with Crippen LogP contribution in [0.4, 0.5) is 11.4 Å². The molecule has 4 aromatic carbocycles. The molecule has 5 rings (SSSR count). The summed E-state index contributed by atoms with van der Waals surface area (Å²) in [6.45, 7) is 0.309. The summed E-state index contributed by atoms with van der Waals surface area (Å²) in [6.07, 6.45) is 1.57. The number of rotatable bonds is 6. The van der Waals surface area contributed by atoms with Crippen molar-refractivity contribution in [1.29, 1.82) is 0 Å². The first-order valence-electron chi connectivity index (χ1n) is 11.6. The SMILES string of the molecule is O=C1C(=Cc2ccc(OCc3ccc(Cl)c(Cl)c3)cc2)C(=O)N(c2ccccc2)C(=S)N1c1ccccc1. The van der Waals surface area contributed by atoms with Crippen LogP contribution >= 0.6 is 35.4 Å². The Balaban J connectivity index is 1.43. The van der Waals surface area contributed by atoms with Gasteiger partial charge in [-0.05, 0) is 78.0 Å². The maximum atomic E-state index is 13.6. The molecule has 0 aliphatic carbocycles. The molecule has 0 unspecified atom stereocenters. The lowest BCUT2D eigenvalue weighted by molar-refractivity contribution is -0.120. The lowest BCUT2D eigenvalue weighted by Crippen LogP contribution is -2.56. The van der Waals surface area contributed by atoms with Gasteiger partial charge in [0.2, 0.25) is 0 Å². The highest BCUT2D eigenvalue weighted by atomic mass is 35.5. The number of carbonyl (C=O) groups excluding carboxylic acids is 2. The third-order valence-corrected chi connectivity index (χ3v) is 6.96. The van der Waals surface area contributed by atoms with E-state index in [1.54, 1.807) is 66.7 Å². The van der Waals surface area contributed by atoms with E-state index in [-0.39, 0.29) is 10.7 Å². The predicted molar refractivity (Wildman–Crippen MR) is 156 cm³/mol. The van der Waals surface area contributed by atoms with Crippen LogP contribution in [-0.4, -0.2) is 16.9 Å². The highest BCUT2D eigenvalue weighted by Crippen LogP contribution is 2.30. The van der Waals surface area contributed by atoms with E-state index in [0.29, 0.717) is 39.3 Å². The van der Waals surface area contributed by atoms with Gasteiger partial charge in [-0.25, -0.2) is 0 Å². The number of thiocarbonyl (C=S) groups is 1. The third-order valence-electron chi connectivity index (χ3n) is 5.86. The Morgan fingerprint density at radius 3 is 1.79 bits per heavy atom. The van der Waals surface area contributed by atoms with Crippen molar-refractivity contribution in [2.75, 3.05) is 9.80 Å². The van der Waals surface area contributed by atoms with Gasteiger partial charge < -0.3 is 4.74 Å². The third kappa shape index (κ3) is 5.34. The molecule has 38 heavy (non-hydrogen) atoms. The van der Waals surface area contributed by atoms with Crippen molar-refractivity contribution in [3.8, 4) is 5.75 Å². The van der Waals surface area contributed by atoms with Crippen LogP contribution in [0.3, 0.4) is 0 Å². The molecule has 5 nitrogen and oxygen atoms in total. The molecule has 1 heterocycles. The number of benzene rings is 4. The van der Waals surface area contributed by atoms with E-state index in [2.05, 4.69) is 0 Å². The van der Waals surface area contributed by atoms with E-state index < -0.39 is 11.8 Å². The zero-order chi connectivity index (χ0) is 26.6. The number of hydrogen-bond acceptors (Lipinski definition) is 4. The van der Waals surface area contributed by atoms with Gasteiger partial charge in [0, 0.05) is 0 Å². The van der Waals surface area contributed by atoms with Crippen molar-refractivity contribution in [1.82, 2.24) is 0 Å². The number of amides is 2. The Morgan fingerprint density at radius 1 is 0.711 bits per heavy atom. The van der Waals surface area contributed by atoms with Crippen molar-refractivity contribution in [3.63, 3.8) is 0 Å². The molecule has 0 radical (unpaired) electrons. The molecule has 0 aromatic heterocycles. The van der Waals surface area contributed by atoms with Gasteiger partial charge >= 0.3 is 0 Å². The minimum Gasteiger partial charge on any atom is -0.489 e. The fourth-order valence-corrected chi connectivity index (χ4v) is 4.66. The topological polar surface area (TPSA) is 49.9 Å². The van der Waals surface area contributed by atoms with Crippen LogP contribution in [0.2, 0.25) is 10.0 Å². The summed E-state index contributed by atoms with van der Waals surface area (Å²) in [7, 11) is 0. The van der Waals surface area contributed by atoms with Gasteiger partial charge in [-0.1, -0.05) is 77.8 Å². The second-order valence-electron chi connectivity index (χ2n) is 8.40. The molecule has 1 aliphatic rings. The molecule has 1 fully saturated rings. The van der Waals surface area contributed by atoms with E-state index in [1.165, 1.54) is 9.80 Å². The highest BCUT2D eigenvalue weighted by Gasteiger charge is 2.41. The normalized spacial score (nSPS) is 13.6. The van der Waals surface area contributed by atoms with E-state index >= 15 is 0 Å². The van der Waals surface area contributed by atoms with E-state index in [9.17, 15) is 9.59 Å². The number of anilines is 2. The largest absolute Gasteiger partial charge is 0.489 e. The van der Waals surface area contributed by atoms with Crippen LogP contribution in [0.25, 0.3) is 6.08 Å². The number of ether oxygens (including phenoxy) is 1. The fraction of sp³-hybridized carbons (Fsp3) is 0.0333. The molecule has 4 aromatic rings. The molecule has 0 saturated carbocycles. The van der Waals surface area contributed by atoms with Crippen LogP contribution in [0.15, 0.2) is 109 Å². The molecule has 0 N–H and O–H groups in total. The van der Waals surface area contributed by atoms with Gasteiger partial charge in [0.15, 0.2) is 5.11 Å². The second-order valence-corrected chi connectivity index (χ2v) is 9.58. The van der Waals surface area contributed by atoms with Crippen LogP contribution < -0.4 is 14.5 Å². The number of para-hydroxylation sites is 2. The van der Waals surface area contributed by atoms with Crippen molar-refractivity contribution in [2.45, 2.75) is 6.61 Å². The van der Waals surface area contributed by atoms with Crippen LogP contribution in [-0.2, 0) is 16.2 Å². The number of carbonyl (C=O) groups is 2. The lowest BCUT2D eigenvalue weighted by Gasteiger charge is -2.36. The van der Waals surface area contributed by atoms with Gasteiger partial charge in [0.1, 0.15) is 17.9 Å². The van der Waals surface area contributed by atoms with Crippen molar-refractivity contribution < 1.29 is 14.3 Å². The Morgan fingerprint density at radius 2 is 1.26 bits per heavy atom. The molecule has 1 aliphatic heterocycles. The summed E-state index contributed by atoms with van der Waals surface area (Å²) >= 11 is 17.7. The Kier molecular flexibility index (Phi) is 7.56. The van der Waals surface area contributed by atoms with Crippen LogP contribution in [0, 0.1) is 0 Å². The molecule has 1 saturated heterocycles. The fourth-order valence-electron chi connectivity index (χ4n) is 3.96. The highest BCUT2D eigenvalue weighted by molar-refractivity contribution is 7.81. The average molecular weight is 559 g/mol. The molecule has 0 spiro atoms. The molecular formula is C30H20Cl2N2O3S. The first-order chi connectivity index (χ1) is 18.4. The van der Waals surface area contributed by atoms with E-state index in [4.69, 9.17) is 40.2 Å². The number of hydrogen-bond donors (Lipinski definition) is 0. The Bertz CT molecular complexity index is 1480. The van der Waals surface area contributed by atoms with Gasteiger partial charge in [-0.15, -0.1) is 0 Å². The van der Waals surface area contributed by atoms with Gasteiger partial charge in [0.05, 0.1) is 21.4 Å². The Labute approximate surface area is 235 Å². The summed E-state index contributed by atoms with van der Waals surface area (Å²) < 4.78 is 5.85. The smallest absolute Gasteiger partial charge is 0.270 e. The summed E-state index contributed by atoms with van der Waals surface area (Å²) in [4.78, 5) is 29.9. The van der Waals surface area contributed by atoms with Gasteiger partial charge in [0.25, 0.3) is 11.8 Å². The maximum absolute atomic E-state index is 13.6. The van der Waals surface area contributed by atoms with Crippen LogP contribution in [0.1, 0.15) is 11.1 Å². The second kappa shape index (κ2) is 11.2. The lowest BCUT2D eigenvalue weighted by atomic mass is 10.0. The first-order valence-corrected chi connectivity index (χ1v) is 12.8. The zero-order valence-electron chi connectivity index (χ0n) is 19.9. The minimum absolute atomic E-state index is 0.00391. The van der Waals surface area contributed by atoms with E-state index in [1.807, 2.05) is 42.5 Å². The monoisotopic (exact) mass is 558 g/mol. The molecular weight excluding hydrogens is 539 g/mol. The van der Waals surface area contributed by atoms with Gasteiger partial charge in [-0.3, -0.25) is 19.4 Å². The Hall–Kier alpha value is -3.97. The minimum atomic E-state index is -0.488. The molecule has 8 heteroatoms. The number of nitrogens with zero attached hydrogens (tertiary/aromatic N) is 2. The zero-order valence-corrected chi connectivity index (χ0v) is 22.2. The van der Waals surface area contributed by atoms with Crippen molar-refractivity contribution in [2.24, 2.45) is 0 Å². The maximum Gasteiger partial charge on any atom is 0.270 e. The molecule has 2 amide bonds. The summed E-state index contributed by atoms with van der Waals surface area (Å²) in [5, 5.41) is 1.04. The predicted octanol–water partition coefficient (Wildman–Crippen LogP) is 7.32. The van der Waals surface area contributed by atoms with Crippen LogP contribution in [0.5, 0.6) is 5.75 Å². The van der Waals surface area contributed by atoms with Gasteiger partial charge in [-0.2, -0.15) is 0 Å². The standard InChI is InChI=1S/C30H20Cl2N2O3S/c31-26-16-13-21(18-27(26)32)19-37-24-14-11-20(12-15-24)17-25-28(35)33(22-7-3-1-4-8-22)30(38)34(29(25)36)23-9-5-2-6-10-23/h1-18H,19H2. The first kappa shape index (κ1) is 25.7. The van der Waals surface area contributed by atoms with Crippen molar-refractivity contribution in [3.05, 3.63) is 130 Å². The molecule has 188 valence electrons. The summed E-state index contributed by atoms with van der Waals surface area (Å²) in [5.74, 6) is -0.353. The average Bonchev–Trinajstić information content (AvgIpc) is 2.94.